The summed E-state index contributed by atoms with van der Waals surface area (Å²) >= 11 is 0. The van der Waals surface area contributed by atoms with Crippen LogP contribution in [0.1, 0.15) is 60.8 Å². The molecule has 0 saturated carbocycles. The van der Waals surface area contributed by atoms with Crippen LogP contribution in [0.25, 0.3) is 0 Å². The van der Waals surface area contributed by atoms with Crippen LogP contribution in [0, 0.1) is 11.3 Å². The zero-order valence-electron chi connectivity index (χ0n) is 10.1. The normalized spacial score (nSPS) is 15.9. The van der Waals surface area contributed by atoms with E-state index in [4.69, 9.17) is 0 Å². The van der Waals surface area contributed by atoms with Crippen LogP contribution >= 0.6 is 0 Å². The van der Waals surface area contributed by atoms with Gasteiger partial charge in [0, 0.05) is 0 Å². The standard InChI is InChI=1S/C12H26O/c1-10(11(2,3)4)8-7-9-12(5,6)13/h10,13H,7-9H2,1-6H3. The first kappa shape index (κ1) is 13.0. The van der Waals surface area contributed by atoms with Gasteiger partial charge in [-0.2, -0.15) is 0 Å². The lowest BCUT2D eigenvalue weighted by Gasteiger charge is -2.28. The Hall–Kier alpha value is -0.0400. The molecule has 80 valence electrons. The van der Waals surface area contributed by atoms with E-state index in [-0.39, 0.29) is 0 Å². The van der Waals surface area contributed by atoms with Gasteiger partial charge in [-0.15, -0.1) is 0 Å². The summed E-state index contributed by atoms with van der Waals surface area (Å²) in [5.41, 5.74) is -0.0861. The summed E-state index contributed by atoms with van der Waals surface area (Å²) in [6, 6.07) is 0. The van der Waals surface area contributed by atoms with Gasteiger partial charge in [0.25, 0.3) is 0 Å². The summed E-state index contributed by atoms with van der Waals surface area (Å²) < 4.78 is 0. The van der Waals surface area contributed by atoms with Gasteiger partial charge in [-0.3, -0.25) is 0 Å². The van der Waals surface area contributed by atoms with Gasteiger partial charge < -0.3 is 5.11 Å². The van der Waals surface area contributed by atoms with Gasteiger partial charge in [0.2, 0.25) is 0 Å². The van der Waals surface area contributed by atoms with Crippen molar-refractivity contribution in [2.45, 2.75) is 66.4 Å². The average Bonchev–Trinajstić information content (AvgIpc) is 1.82. The molecule has 1 N–H and O–H groups in total. The molecule has 0 fully saturated rings. The molecule has 0 amide bonds. The van der Waals surface area contributed by atoms with Crippen molar-refractivity contribution in [2.24, 2.45) is 11.3 Å². The highest BCUT2D eigenvalue weighted by Crippen LogP contribution is 2.30. The highest BCUT2D eigenvalue weighted by molar-refractivity contribution is 4.72. The second kappa shape index (κ2) is 4.45. The monoisotopic (exact) mass is 186 g/mol. The van der Waals surface area contributed by atoms with Gasteiger partial charge in [0.1, 0.15) is 0 Å². The molecule has 0 heterocycles. The van der Waals surface area contributed by atoms with Crippen LogP contribution in [0.3, 0.4) is 0 Å². The minimum absolute atomic E-state index is 0.402. The number of hydrogen-bond acceptors (Lipinski definition) is 1. The molecular weight excluding hydrogens is 160 g/mol. The van der Waals surface area contributed by atoms with Crippen LogP contribution in [0.2, 0.25) is 0 Å². The largest absolute Gasteiger partial charge is 0.390 e. The molecule has 0 aliphatic heterocycles. The summed E-state index contributed by atoms with van der Waals surface area (Å²) in [6.45, 7) is 12.9. The first-order chi connectivity index (χ1) is 5.63. The third-order valence-corrected chi connectivity index (χ3v) is 2.90. The molecule has 13 heavy (non-hydrogen) atoms. The van der Waals surface area contributed by atoms with Gasteiger partial charge in [-0.1, -0.05) is 40.5 Å². The number of rotatable bonds is 4. The van der Waals surface area contributed by atoms with Crippen molar-refractivity contribution in [3.05, 3.63) is 0 Å². The van der Waals surface area contributed by atoms with E-state index >= 15 is 0 Å². The molecule has 0 aromatic heterocycles. The van der Waals surface area contributed by atoms with E-state index in [1.165, 1.54) is 6.42 Å². The fraction of sp³-hybridized carbons (Fsp3) is 1.00. The summed E-state index contributed by atoms with van der Waals surface area (Å²) in [7, 11) is 0. The van der Waals surface area contributed by atoms with E-state index in [2.05, 4.69) is 27.7 Å². The lowest BCUT2D eigenvalue weighted by atomic mass is 9.79. The highest BCUT2D eigenvalue weighted by Gasteiger charge is 2.20. The quantitative estimate of drug-likeness (QED) is 0.711. The zero-order chi connectivity index (χ0) is 10.7. The SMILES string of the molecule is CC(CCCC(C)(C)O)C(C)(C)C. The van der Waals surface area contributed by atoms with Crippen LogP contribution in [0.5, 0.6) is 0 Å². The Morgan fingerprint density at radius 3 is 1.85 bits per heavy atom. The topological polar surface area (TPSA) is 20.2 Å². The molecular formula is C12H26O. The first-order valence-electron chi connectivity index (χ1n) is 5.35. The Kier molecular flexibility index (Phi) is 4.44. The van der Waals surface area contributed by atoms with Crippen molar-refractivity contribution < 1.29 is 5.11 Å². The minimum Gasteiger partial charge on any atom is -0.390 e. The molecule has 1 heteroatoms. The van der Waals surface area contributed by atoms with E-state index in [1.807, 2.05) is 13.8 Å². The maximum absolute atomic E-state index is 9.53. The van der Waals surface area contributed by atoms with E-state index < -0.39 is 5.60 Å². The fourth-order valence-corrected chi connectivity index (χ4v) is 1.27. The molecule has 1 unspecified atom stereocenters. The van der Waals surface area contributed by atoms with Crippen molar-refractivity contribution in [3.8, 4) is 0 Å². The molecule has 0 saturated heterocycles. The van der Waals surface area contributed by atoms with Gasteiger partial charge >= 0.3 is 0 Å². The summed E-state index contributed by atoms with van der Waals surface area (Å²) in [4.78, 5) is 0. The highest BCUT2D eigenvalue weighted by atomic mass is 16.3. The van der Waals surface area contributed by atoms with Gasteiger partial charge in [0.05, 0.1) is 5.60 Å². The molecule has 0 aliphatic rings. The van der Waals surface area contributed by atoms with Crippen molar-refractivity contribution in [1.29, 1.82) is 0 Å². The van der Waals surface area contributed by atoms with Gasteiger partial charge in [-0.25, -0.2) is 0 Å². The number of aliphatic hydroxyl groups is 1. The minimum atomic E-state index is -0.488. The van der Waals surface area contributed by atoms with Crippen LogP contribution in [-0.4, -0.2) is 10.7 Å². The van der Waals surface area contributed by atoms with E-state index in [0.29, 0.717) is 5.41 Å². The second-order valence-electron chi connectivity index (χ2n) is 5.97. The lowest BCUT2D eigenvalue weighted by Crippen LogP contribution is -2.21. The van der Waals surface area contributed by atoms with Crippen LogP contribution in [-0.2, 0) is 0 Å². The average molecular weight is 186 g/mol. The van der Waals surface area contributed by atoms with E-state index in [1.54, 1.807) is 0 Å². The molecule has 0 spiro atoms. The maximum Gasteiger partial charge on any atom is 0.0591 e. The Balaban J connectivity index is 3.67. The third kappa shape index (κ3) is 7.06. The van der Waals surface area contributed by atoms with Crippen molar-refractivity contribution in [1.82, 2.24) is 0 Å². The number of hydrogen-bond donors (Lipinski definition) is 1. The maximum atomic E-state index is 9.53. The van der Waals surface area contributed by atoms with Crippen LogP contribution < -0.4 is 0 Å². The predicted molar refractivity (Wildman–Crippen MR) is 58.8 cm³/mol. The molecule has 0 aromatic carbocycles. The van der Waals surface area contributed by atoms with Crippen molar-refractivity contribution in [3.63, 3.8) is 0 Å². The fourth-order valence-electron chi connectivity index (χ4n) is 1.27. The summed E-state index contributed by atoms with van der Waals surface area (Å²) in [5.74, 6) is 0.731. The molecule has 0 bridgehead atoms. The van der Waals surface area contributed by atoms with Crippen LogP contribution in [0.4, 0.5) is 0 Å². The third-order valence-electron chi connectivity index (χ3n) is 2.90. The molecule has 0 rings (SSSR count). The Bertz CT molecular complexity index is 136. The van der Waals surface area contributed by atoms with Crippen molar-refractivity contribution >= 4 is 0 Å². The smallest absolute Gasteiger partial charge is 0.0591 e. The van der Waals surface area contributed by atoms with Crippen molar-refractivity contribution in [2.75, 3.05) is 0 Å². The molecule has 0 aliphatic carbocycles. The van der Waals surface area contributed by atoms with E-state index in [0.717, 1.165) is 18.8 Å². The van der Waals surface area contributed by atoms with Crippen LogP contribution in [0.15, 0.2) is 0 Å². The molecule has 0 aromatic rings. The predicted octanol–water partition coefficient (Wildman–Crippen LogP) is 3.61. The van der Waals surface area contributed by atoms with Gasteiger partial charge in [-0.05, 0) is 31.6 Å². The van der Waals surface area contributed by atoms with E-state index in [9.17, 15) is 5.11 Å². The van der Waals surface area contributed by atoms with Gasteiger partial charge in [0.15, 0.2) is 0 Å². The molecule has 0 radical (unpaired) electrons. The molecule has 1 atom stereocenters. The Morgan fingerprint density at radius 1 is 1.08 bits per heavy atom. The lowest BCUT2D eigenvalue weighted by molar-refractivity contribution is 0.0647. The summed E-state index contributed by atoms with van der Waals surface area (Å²) in [6.07, 6.45) is 3.25. The zero-order valence-corrected chi connectivity index (χ0v) is 10.1. The second-order valence-corrected chi connectivity index (χ2v) is 5.97. The summed E-state index contributed by atoms with van der Waals surface area (Å²) in [5, 5.41) is 9.53. The molecule has 1 nitrogen and oxygen atoms in total. The Labute approximate surface area is 83.5 Å². The first-order valence-corrected chi connectivity index (χ1v) is 5.35. The Morgan fingerprint density at radius 2 is 1.54 bits per heavy atom.